The van der Waals surface area contributed by atoms with Crippen LogP contribution >= 0.6 is 0 Å². The van der Waals surface area contributed by atoms with Gasteiger partial charge in [0.05, 0.1) is 0 Å². The molecular formula is C40H54O12. The third-order valence-corrected chi connectivity index (χ3v) is 7.42. The number of unbranched alkanes of at least 4 members (excludes halogenated alkanes) is 8. The number of ketones is 2. The summed E-state index contributed by atoms with van der Waals surface area (Å²) in [6.45, 7) is 13.9. The summed E-state index contributed by atoms with van der Waals surface area (Å²) >= 11 is 0. The van der Waals surface area contributed by atoms with Crippen LogP contribution in [0, 0.1) is 0 Å². The van der Waals surface area contributed by atoms with E-state index >= 15 is 0 Å². The van der Waals surface area contributed by atoms with Gasteiger partial charge >= 0.3 is 24.2 Å². The summed E-state index contributed by atoms with van der Waals surface area (Å²) in [6, 6.07) is 7.67. The molecule has 0 spiro atoms. The zero-order chi connectivity index (χ0) is 38.9. The van der Waals surface area contributed by atoms with Crippen molar-refractivity contribution >= 4 is 35.8 Å². The number of benzene rings is 2. The van der Waals surface area contributed by atoms with Gasteiger partial charge in [-0.05, 0) is 90.8 Å². The Hall–Kier alpha value is -4.74. The number of carbonyl (C=O) groups excluding carboxylic acids is 6. The van der Waals surface area contributed by atoms with Gasteiger partial charge in [0.15, 0.2) is 11.6 Å². The Morgan fingerprint density at radius 1 is 0.500 bits per heavy atom. The maximum atomic E-state index is 13.4. The molecule has 0 aliphatic carbocycles. The number of rotatable bonds is 18. The Morgan fingerprint density at radius 2 is 0.846 bits per heavy atom. The van der Waals surface area contributed by atoms with Crippen LogP contribution in [0.1, 0.15) is 174 Å². The molecule has 0 unspecified atom stereocenters. The molecule has 0 N–H and O–H groups in total. The smallest absolute Gasteiger partial charge is 0.428 e. The summed E-state index contributed by atoms with van der Waals surface area (Å²) in [5, 5.41) is 0. The van der Waals surface area contributed by atoms with Gasteiger partial charge in [0.25, 0.3) is 0 Å². The highest BCUT2D eigenvalue weighted by Gasteiger charge is 2.27. The number of ether oxygens (including phenoxy) is 4. The summed E-state index contributed by atoms with van der Waals surface area (Å²) in [7, 11) is 0. The van der Waals surface area contributed by atoms with Crippen molar-refractivity contribution in [3.8, 4) is 11.5 Å². The van der Waals surface area contributed by atoms with Crippen LogP contribution in [-0.4, -0.2) is 47.0 Å². The molecule has 0 bridgehead atoms. The van der Waals surface area contributed by atoms with E-state index < -0.39 is 46.6 Å². The Labute approximate surface area is 306 Å². The topological polar surface area (TPSA) is 158 Å². The molecule has 52 heavy (non-hydrogen) atoms. The number of carbonyl (C=O) groups is 6. The van der Waals surface area contributed by atoms with E-state index in [2.05, 4.69) is 13.8 Å². The Balaban J connectivity index is 2.36. The van der Waals surface area contributed by atoms with Crippen molar-refractivity contribution in [1.29, 1.82) is 0 Å². The highest BCUT2D eigenvalue weighted by atomic mass is 17.2. The van der Waals surface area contributed by atoms with Crippen LogP contribution in [0.15, 0.2) is 36.4 Å². The van der Waals surface area contributed by atoms with Gasteiger partial charge in [-0.2, -0.15) is 0 Å². The van der Waals surface area contributed by atoms with E-state index in [1.807, 2.05) is 0 Å². The van der Waals surface area contributed by atoms with E-state index in [-0.39, 0.29) is 47.0 Å². The maximum Gasteiger partial charge on any atom is 0.514 e. The molecule has 0 atom stereocenters. The van der Waals surface area contributed by atoms with Crippen LogP contribution in [0.25, 0.3) is 0 Å². The van der Waals surface area contributed by atoms with E-state index in [9.17, 15) is 28.8 Å². The first kappa shape index (κ1) is 43.4. The molecule has 0 aliphatic heterocycles. The van der Waals surface area contributed by atoms with Gasteiger partial charge in [-0.3, -0.25) is 9.59 Å². The summed E-state index contributed by atoms with van der Waals surface area (Å²) in [6.07, 6.45) is 7.50. The Bertz CT molecular complexity index is 1430. The molecule has 2 aromatic rings. The highest BCUT2D eigenvalue weighted by Crippen LogP contribution is 2.27. The first-order valence-electron chi connectivity index (χ1n) is 18.0. The van der Waals surface area contributed by atoms with Crippen molar-refractivity contribution in [2.24, 2.45) is 0 Å². The minimum absolute atomic E-state index is 0.152. The van der Waals surface area contributed by atoms with E-state index in [1.165, 1.54) is 36.4 Å². The second kappa shape index (κ2) is 20.9. The summed E-state index contributed by atoms with van der Waals surface area (Å²) < 4.78 is 20.9. The molecule has 0 radical (unpaired) electrons. The van der Waals surface area contributed by atoms with Gasteiger partial charge in [-0.1, -0.05) is 65.2 Å². The molecule has 0 heterocycles. The monoisotopic (exact) mass is 726 g/mol. The summed E-state index contributed by atoms with van der Waals surface area (Å²) in [5.74, 6) is -3.67. The van der Waals surface area contributed by atoms with Crippen molar-refractivity contribution in [1.82, 2.24) is 0 Å². The van der Waals surface area contributed by atoms with Gasteiger partial charge in [-0.15, -0.1) is 0 Å². The Morgan fingerprint density at radius 3 is 1.17 bits per heavy atom. The molecule has 286 valence electrons. The van der Waals surface area contributed by atoms with Crippen LogP contribution in [0.3, 0.4) is 0 Å². The van der Waals surface area contributed by atoms with Crippen LogP contribution in [-0.2, 0) is 19.2 Å². The van der Waals surface area contributed by atoms with Crippen LogP contribution in [0.2, 0.25) is 0 Å². The van der Waals surface area contributed by atoms with Crippen molar-refractivity contribution in [3.05, 3.63) is 58.7 Å². The lowest BCUT2D eigenvalue weighted by Crippen LogP contribution is -2.27. The Kier molecular flexibility index (Phi) is 17.5. The van der Waals surface area contributed by atoms with Crippen LogP contribution in [0.4, 0.5) is 9.59 Å². The summed E-state index contributed by atoms with van der Waals surface area (Å²) in [4.78, 5) is 87.4. The predicted octanol–water partition coefficient (Wildman–Crippen LogP) is 10.3. The molecule has 2 rings (SSSR count). The fourth-order valence-corrected chi connectivity index (χ4v) is 4.86. The average Bonchev–Trinajstić information content (AvgIpc) is 3.05. The lowest BCUT2D eigenvalue weighted by molar-refractivity contribution is -0.187. The molecule has 0 aliphatic rings. The average molecular weight is 727 g/mol. The number of hydrogen-bond donors (Lipinski definition) is 0. The standard InChI is InChI=1S/C40H54O12/c1-9-11-13-15-17-19-31(41)27-21-23-33(47-37(45)49-39(3,4)5)29(25-27)35(43)51-52-36(44)30-26-28(32(42)20-18-16-14-12-10-2)22-24-34(30)48-38(46)50-40(6,7)8/h21-26H,9-20H2,1-8H3. The van der Waals surface area contributed by atoms with Gasteiger partial charge in [0.2, 0.25) is 0 Å². The van der Waals surface area contributed by atoms with Crippen LogP contribution < -0.4 is 9.47 Å². The SMILES string of the molecule is CCCCCCCC(=O)c1ccc(OC(=O)OC(C)(C)C)c(C(=O)OOC(=O)c2cc(C(=O)CCCCCCC)ccc2OC(=O)OC(C)(C)C)c1. The minimum atomic E-state index is -1.28. The van der Waals surface area contributed by atoms with Gasteiger partial charge in [0.1, 0.15) is 33.8 Å². The van der Waals surface area contributed by atoms with Crippen molar-refractivity contribution in [3.63, 3.8) is 0 Å². The zero-order valence-corrected chi connectivity index (χ0v) is 31.8. The first-order valence-corrected chi connectivity index (χ1v) is 18.0. The third-order valence-electron chi connectivity index (χ3n) is 7.42. The van der Waals surface area contributed by atoms with Crippen molar-refractivity contribution in [2.75, 3.05) is 0 Å². The quantitative estimate of drug-likeness (QED) is 0.0358. The molecule has 12 nitrogen and oxygen atoms in total. The highest BCUT2D eigenvalue weighted by molar-refractivity contribution is 6.02. The second-order valence-corrected chi connectivity index (χ2v) is 14.5. The van der Waals surface area contributed by atoms with E-state index in [1.54, 1.807) is 41.5 Å². The molecule has 0 saturated heterocycles. The molecule has 0 amide bonds. The zero-order valence-electron chi connectivity index (χ0n) is 31.8. The molecule has 0 aromatic heterocycles. The lowest BCUT2D eigenvalue weighted by atomic mass is 10.0. The van der Waals surface area contributed by atoms with Crippen LogP contribution in [0.5, 0.6) is 11.5 Å². The van der Waals surface area contributed by atoms with E-state index in [0.29, 0.717) is 12.8 Å². The maximum absolute atomic E-state index is 13.4. The van der Waals surface area contributed by atoms with Gasteiger partial charge < -0.3 is 18.9 Å². The van der Waals surface area contributed by atoms with E-state index in [4.69, 9.17) is 28.7 Å². The fourth-order valence-electron chi connectivity index (χ4n) is 4.86. The normalized spacial score (nSPS) is 11.3. The van der Waals surface area contributed by atoms with Gasteiger partial charge in [-0.25, -0.2) is 29.0 Å². The number of hydrogen-bond acceptors (Lipinski definition) is 12. The van der Waals surface area contributed by atoms with E-state index in [0.717, 1.165) is 51.4 Å². The molecule has 0 fully saturated rings. The molecule has 0 saturated carbocycles. The van der Waals surface area contributed by atoms with Crippen molar-refractivity contribution < 1.29 is 57.5 Å². The summed E-state index contributed by atoms with van der Waals surface area (Å²) in [5.41, 5.74) is -2.31. The fraction of sp³-hybridized carbons (Fsp3) is 0.550. The molecule has 12 heteroatoms. The minimum Gasteiger partial charge on any atom is -0.428 e. The molecule has 2 aromatic carbocycles. The first-order chi connectivity index (χ1) is 24.4. The largest absolute Gasteiger partial charge is 0.514 e. The van der Waals surface area contributed by atoms with Gasteiger partial charge in [0, 0.05) is 24.0 Å². The lowest BCUT2D eigenvalue weighted by Gasteiger charge is -2.19. The molecular weight excluding hydrogens is 672 g/mol. The third kappa shape index (κ3) is 16.1. The second-order valence-electron chi connectivity index (χ2n) is 14.5. The predicted molar refractivity (Wildman–Crippen MR) is 193 cm³/mol. The van der Waals surface area contributed by atoms with Crippen molar-refractivity contribution in [2.45, 2.75) is 144 Å². The number of Topliss-reactive ketones (excluding diaryl/α,β-unsaturated/α-hetero) is 2.